The summed E-state index contributed by atoms with van der Waals surface area (Å²) in [5, 5.41) is 2.81. The molecule has 5 heteroatoms. The fourth-order valence-electron chi connectivity index (χ4n) is 1.87. The van der Waals surface area contributed by atoms with E-state index in [1.165, 1.54) is 12.3 Å². The highest BCUT2D eigenvalue weighted by atomic mass is 19.1. The Morgan fingerprint density at radius 1 is 1.47 bits per heavy atom. The van der Waals surface area contributed by atoms with Crippen molar-refractivity contribution in [2.45, 2.75) is 27.7 Å². The van der Waals surface area contributed by atoms with Crippen molar-refractivity contribution in [3.63, 3.8) is 0 Å². The maximum atomic E-state index is 14.2. The van der Waals surface area contributed by atoms with Crippen LogP contribution in [0.2, 0.25) is 0 Å². The standard InChI is InChI=1S/C14H22FN3O/c1-5-16-13-12(15)11(7-8-17-13)14(19)18(6-2)9-10(3)4/h7-8,10H,5-6,9H2,1-4H3,(H,16,17). The molecule has 0 aliphatic rings. The molecule has 0 aromatic carbocycles. The fraction of sp³-hybridized carbons (Fsp3) is 0.571. The summed E-state index contributed by atoms with van der Waals surface area (Å²) in [6.45, 7) is 9.55. The van der Waals surface area contributed by atoms with Crippen molar-refractivity contribution < 1.29 is 9.18 Å². The van der Waals surface area contributed by atoms with Gasteiger partial charge in [0.2, 0.25) is 0 Å². The van der Waals surface area contributed by atoms with Gasteiger partial charge in [-0.2, -0.15) is 0 Å². The zero-order valence-corrected chi connectivity index (χ0v) is 12.0. The molecule has 0 unspecified atom stereocenters. The molecule has 1 amide bonds. The van der Waals surface area contributed by atoms with Gasteiger partial charge in [-0.15, -0.1) is 0 Å². The second-order valence-corrected chi connectivity index (χ2v) is 4.79. The number of hydrogen-bond donors (Lipinski definition) is 1. The van der Waals surface area contributed by atoms with Gasteiger partial charge in [-0.1, -0.05) is 13.8 Å². The molecule has 0 aliphatic carbocycles. The molecule has 0 spiro atoms. The topological polar surface area (TPSA) is 45.2 Å². The number of amides is 1. The number of aromatic nitrogens is 1. The van der Waals surface area contributed by atoms with Crippen LogP contribution in [0, 0.1) is 11.7 Å². The first kappa shape index (κ1) is 15.4. The molecule has 0 radical (unpaired) electrons. The van der Waals surface area contributed by atoms with E-state index in [-0.39, 0.29) is 17.3 Å². The molecule has 1 aromatic rings. The highest BCUT2D eigenvalue weighted by Crippen LogP contribution is 2.17. The first-order valence-electron chi connectivity index (χ1n) is 6.68. The van der Waals surface area contributed by atoms with Crippen LogP contribution in [0.5, 0.6) is 0 Å². The van der Waals surface area contributed by atoms with Gasteiger partial charge in [0.25, 0.3) is 5.91 Å². The van der Waals surface area contributed by atoms with E-state index >= 15 is 0 Å². The molecule has 106 valence electrons. The molecular weight excluding hydrogens is 245 g/mol. The Hall–Kier alpha value is -1.65. The lowest BCUT2D eigenvalue weighted by atomic mass is 10.1. The van der Waals surface area contributed by atoms with Crippen LogP contribution in [-0.4, -0.2) is 35.4 Å². The average molecular weight is 267 g/mol. The van der Waals surface area contributed by atoms with Crippen molar-refractivity contribution in [1.29, 1.82) is 0 Å². The van der Waals surface area contributed by atoms with Crippen molar-refractivity contribution in [3.8, 4) is 0 Å². The van der Waals surface area contributed by atoms with E-state index in [9.17, 15) is 9.18 Å². The van der Waals surface area contributed by atoms with Gasteiger partial charge in [-0.05, 0) is 25.8 Å². The summed E-state index contributed by atoms with van der Waals surface area (Å²) < 4.78 is 14.2. The van der Waals surface area contributed by atoms with Crippen LogP contribution < -0.4 is 5.32 Å². The zero-order chi connectivity index (χ0) is 14.4. The lowest BCUT2D eigenvalue weighted by molar-refractivity contribution is 0.0741. The van der Waals surface area contributed by atoms with Gasteiger partial charge in [-0.3, -0.25) is 4.79 Å². The Morgan fingerprint density at radius 3 is 2.68 bits per heavy atom. The minimum Gasteiger partial charge on any atom is -0.368 e. The Balaban J connectivity index is 3.01. The van der Waals surface area contributed by atoms with Gasteiger partial charge in [0.1, 0.15) is 0 Å². The molecule has 0 saturated heterocycles. The summed E-state index contributed by atoms with van der Waals surface area (Å²) in [4.78, 5) is 17.9. The third kappa shape index (κ3) is 3.91. The summed E-state index contributed by atoms with van der Waals surface area (Å²) >= 11 is 0. The Bertz CT molecular complexity index is 435. The van der Waals surface area contributed by atoms with E-state index < -0.39 is 5.82 Å². The van der Waals surface area contributed by atoms with Gasteiger partial charge < -0.3 is 10.2 Å². The minimum absolute atomic E-state index is 0.0773. The van der Waals surface area contributed by atoms with Crippen molar-refractivity contribution in [1.82, 2.24) is 9.88 Å². The number of pyridine rings is 1. The maximum Gasteiger partial charge on any atom is 0.257 e. The highest BCUT2D eigenvalue weighted by molar-refractivity contribution is 5.95. The van der Waals surface area contributed by atoms with E-state index in [0.29, 0.717) is 25.6 Å². The number of nitrogens with zero attached hydrogens (tertiary/aromatic N) is 2. The van der Waals surface area contributed by atoms with Crippen molar-refractivity contribution >= 4 is 11.7 Å². The van der Waals surface area contributed by atoms with Crippen LogP contribution in [0.4, 0.5) is 10.2 Å². The lowest BCUT2D eigenvalue weighted by Gasteiger charge is -2.23. The first-order valence-corrected chi connectivity index (χ1v) is 6.68. The van der Waals surface area contributed by atoms with Crippen molar-refractivity contribution in [3.05, 3.63) is 23.6 Å². The van der Waals surface area contributed by atoms with Crippen LogP contribution in [0.3, 0.4) is 0 Å². The van der Waals surface area contributed by atoms with Crippen molar-refractivity contribution in [2.24, 2.45) is 5.92 Å². The van der Waals surface area contributed by atoms with Gasteiger partial charge in [0, 0.05) is 25.8 Å². The second-order valence-electron chi connectivity index (χ2n) is 4.79. The molecule has 1 rings (SSSR count). The minimum atomic E-state index is -0.573. The average Bonchev–Trinajstić information content (AvgIpc) is 2.37. The molecule has 0 saturated carbocycles. The Morgan fingerprint density at radius 2 is 2.16 bits per heavy atom. The molecule has 0 atom stereocenters. The molecule has 19 heavy (non-hydrogen) atoms. The summed E-state index contributed by atoms with van der Waals surface area (Å²) in [5.74, 6) is -0.372. The molecule has 1 N–H and O–H groups in total. The van der Waals surface area contributed by atoms with Crippen LogP contribution in [0.25, 0.3) is 0 Å². The number of nitrogens with one attached hydrogen (secondary N) is 1. The van der Waals surface area contributed by atoms with Crippen LogP contribution in [0.1, 0.15) is 38.1 Å². The normalized spacial score (nSPS) is 10.6. The van der Waals surface area contributed by atoms with Gasteiger partial charge >= 0.3 is 0 Å². The van der Waals surface area contributed by atoms with Crippen LogP contribution in [-0.2, 0) is 0 Å². The summed E-state index contributed by atoms with van der Waals surface area (Å²) in [6, 6.07) is 1.43. The SMILES string of the molecule is CCNc1nccc(C(=O)N(CC)CC(C)C)c1F. The summed E-state index contributed by atoms with van der Waals surface area (Å²) in [5.41, 5.74) is 0.0773. The lowest BCUT2D eigenvalue weighted by Crippen LogP contribution is -2.34. The third-order valence-electron chi connectivity index (χ3n) is 2.72. The van der Waals surface area contributed by atoms with Crippen molar-refractivity contribution in [2.75, 3.05) is 25.0 Å². The summed E-state index contributed by atoms with van der Waals surface area (Å²) in [7, 11) is 0. The molecule has 0 fully saturated rings. The first-order chi connectivity index (χ1) is 9.01. The number of carbonyl (C=O) groups is 1. The molecule has 1 aromatic heterocycles. The maximum absolute atomic E-state index is 14.2. The third-order valence-corrected chi connectivity index (χ3v) is 2.72. The molecular formula is C14H22FN3O. The molecule has 0 aliphatic heterocycles. The number of anilines is 1. The van der Waals surface area contributed by atoms with Gasteiger partial charge in [0.05, 0.1) is 5.56 Å². The van der Waals surface area contributed by atoms with E-state index in [2.05, 4.69) is 10.3 Å². The van der Waals surface area contributed by atoms with Gasteiger partial charge in [-0.25, -0.2) is 9.37 Å². The largest absolute Gasteiger partial charge is 0.368 e. The van der Waals surface area contributed by atoms with E-state index in [1.807, 2.05) is 27.7 Å². The fourth-order valence-corrected chi connectivity index (χ4v) is 1.87. The Kier molecular flexibility index (Phi) is 5.73. The molecule has 0 bridgehead atoms. The highest BCUT2D eigenvalue weighted by Gasteiger charge is 2.21. The van der Waals surface area contributed by atoms with E-state index in [0.717, 1.165) is 0 Å². The van der Waals surface area contributed by atoms with E-state index in [4.69, 9.17) is 0 Å². The molecule has 1 heterocycles. The van der Waals surface area contributed by atoms with Crippen LogP contribution in [0.15, 0.2) is 12.3 Å². The zero-order valence-electron chi connectivity index (χ0n) is 12.0. The van der Waals surface area contributed by atoms with E-state index in [1.54, 1.807) is 4.90 Å². The number of rotatable bonds is 6. The monoisotopic (exact) mass is 267 g/mol. The number of carbonyl (C=O) groups excluding carboxylic acids is 1. The Labute approximate surface area is 114 Å². The quantitative estimate of drug-likeness (QED) is 0.862. The predicted octanol–water partition coefficient (Wildman–Crippen LogP) is 2.77. The summed E-state index contributed by atoms with van der Waals surface area (Å²) in [6.07, 6.45) is 1.46. The van der Waals surface area contributed by atoms with Gasteiger partial charge in [0.15, 0.2) is 11.6 Å². The number of hydrogen-bond acceptors (Lipinski definition) is 3. The predicted molar refractivity (Wildman–Crippen MR) is 74.8 cm³/mol. The smallest absolute Gasteiger partial charge is 0.257 e. The second kappa shape index (κ2) is 7.07. The molecule has 4 nitrogen and oxygen atoms in total. The number of halogens is 1. The van der Waals surface area contributed by atoms with Crippen LogP contribution >= 0.6 is 0 Å².